The predicted molar refractivity (Wildman–Crippen MR) is 93.9 cm³/mol. The van der Waals surface area contributed by atoms with Crippen LogP contribution < -0.4 is 10.1 Å². The van der Waals surface area contributed by atoms with Crippen molar-refractivity contribution in [3.8, 4) is 5.75 Å². The first-order valence-electron chi connectivity index (χ1n) is 8.71. The zero-order valence-corrected chi connectivity index (χ0v) is 15.2. The van der Waals surface area contributed by atoms with Crippen molar-refractivity contribution in [1.29, 1.82) is 0 Å². The Morgan fingerprint density at radius 1 is 1.11 bits per heavy atom. The fourth-order valence-corrected chi connectivity index (χ4v) is 2.56. The molecule has 1 aliphatic rings. The summed E-state index contributed by atoms with van der Waals surface area (Å²) in [6.45, 7) is 2.94. The van der Waals surface area contributed by atoms with Crippen LogP contribution in [-0.2, 0) is 19.1 Å². The van der Waals surface area contributed by atoms with Gasteiger partial charge < -0.3 is 34.8 Å². The fraction of sp³-hybridized carbons (Fsp3) is 0.556. The van der Waals surface area contributed by atoms with Gasteiger partial charge in [-0.25, -0.2) is 0 Å². The number of carbonyl (C=O) groups excluding carboxylic acids is 2. The number of esters is 1. The van der Waals surface area contributed by atoms with Crippen LogP contribution in [0, 0.1) is 0 Å². The molecule has 0 spiro atoms. The van der Waals surface area contributed by atoms with Crippen LogP contribution in [0.15, 0.2) is 24.3 Å². The highest BCUT2D eigenvalue weighted by molar-refractivity contribution is 5.88. The third kappa shape index (κ3) is 5.90. The highest BCUT2D eigenvalue weighted by Crippen LogP contribution is 2.25. The van der Waals surface area contributed by atoms with E-state index in [1.54, 1.807) is 24.3 Å². The number of hydrogen-bond acceptors (Lipinski definition) is 8. The van der Waals surface area contributed by atoms with E-state index in [1.165, 1.54) is 6.92 Å². The van der Waals surface area contributed by atoms with Crippen molar-refractivity contribution in [3.63, 3.8) is 0 Å². The number of benzene rings is 1. The molecule has 0 aromatic heterocycles. The molecular weight excluding hydrogens is 358 g/mol. The lowest BCUT2D eigenvalue weighted by Crippen LogP contribution is -2.60. The Labute approximate surface area is 156 Å². The molecular formula is C18H25NO8. The number of carbonyl (C=O) groups is 2. The van der Waals surface area contributed by atoms with Crippen LogP contribution in [0.4, 0.5) is 5.69 Å². The molecule has 1 amide bonds. The Morgan fingerprint density at radius 3 is 2.37 bits per heavy atom. The maximum absolute atomic E-state index is 11.5. The maximum Gasteiger partial charge on any atom is 0.305 e. The van der Waals surface area contributed by atoms with Crippen molar-refractivity contribution in [2.45, 2.75) is 57.4 Å². The predicted octanol–water partition coefficient (Wildman–Crippen LogP) is 0.175. The number of aliphatic hydroxyl groups is 3. The Hall–Kier alpha value is -2.20. The molecule has 5 atom stereocenters. The van der Waals surface area contributed by atoms with E-state index in [4.69, 9.17) is 14.2 Å². The van der Waals surface area contributed by atoms with Crippen molar-refractivity contribution >= 4 is 17.6 Å². The third-order valence-corrected chi connectivity index (χ3v) is 3.96. The molecule has 0 bridgehead atoms. The molecule has 1 aromatic carbocycles. The van der Waals surface area contributed by atoms with Crippen LogP contribution >= 0.6 is 0 Å². The van der Waals surface area contributed by atoms with Gasteiger partial charge in [-0.2, -0.15) is 0 Å². The minimum Gasteiger partial charge on any atom is -0.463 e. The van der Waals surface area contributed by atoms with Crippen molar-refractivity contribution in [3.05, 3.63) is 24.3 Å². The number of anilines is 1. The van der Waals surface area contributed by atoms with Gasteiger partial charge in [0.2, 0.25) is 12.2 Å². The third-order valence-electron chi connectivity index (χ3n) is 3.96. The Kier molecular flexibility index (Phi) is 7.55. The van der Waals surface area contributed by atoms with Crippen molar-refractivity contribution in [2.24, 2.45) is 0 Å². The zero-order chi connectivity index (χ0) is 20.0. The van der Waals surface area contributed by atoms with Crippen molar-refractivity contribution < 1.29 is 39.1 Å². The molecule has 9 nitrogen and oxygen atoms in total. The molecule has 2 unspecified atom stereocenters. The first-order chi connectivity index (χ1) is 12.8. The van der Waals surface area contributed by atoms with Crippen LogP contribution in [0.3, 0.4) is 0 Å². The topological polar surface area (TPSA) is 135 Å². The quantitative estimate of drug-likeness (QED) is 0.490. The second-order valence-electron chi connectivity index (χ2n) is 6.27. The van der Waals surface area contributed by atoms with Gasteiger partial charge in [-0.05, 0) is 30.7 Å². The summed E-state index contributed by atoms with van der Waals surface area (Å²) >= 11 is 0. The average molecular weight is 383 g/mol. The van der Waals surface area contributed by atoms with Gasteiger partial charge >= 0.3 is 5.97 Å². The van der Waals surface area contributed by atoms with Gasteiger partial charge in [-0.1, -0.05) is 6.92 Å². The van der Waals surface area contributed by atoms with Crippen LogP contribution in [0.1, 0.15) is 26.7 Å². The van der Waals surface area contributed by atoms with E-state index in [0.717, 1.165) is 0 Å². The monoisotopic (exact) mass is 383 g/mol. The van der Waals surface area contributed by atoms with E-state index >= 15 is 0 Å². The standard InChI is InChI=1S/C18H25NO8/c1-3-4-14(21)25-9-13-15(22)16(23)17(24)18(27-13)26-12-7-5-11(6-8-12)19-10(2)20/h5-8,13,15-18,22-24H,3-4,9H2,1-2H3,(H,19,20)/t13?,15-,16+,17?,18+/m1/s1. The molecule has 2 rings (SSSR count). The molecule has 0 saturated carbocycles. The largest absolute Gasteiger partial charge is 0.463 e. The first kappa shape index (κ1) is 21.1. The van der Waals surface area contributed by atoms with E-state index in [9.17, 15) is 24.9 Å². The summed E-state index contributed by atoms with van der Waals surface area (Å²) in [7, 11) is 0. The van der Waals surface area contributed by atoms with Gasteiger partial charge in [0.1, 0.15) is 36.8 Å². The number of hydrogen-bond donors (Lipinski definition) is 4. The average Bonchev–Trinajstić information content (AvgIpc) is 2.62. The summed E-state index contributed by atoms with van der Waals surface area (Å²) in [5, 5.41) is 32.8. The summed E-state index contributed by atoms with van der Waals surface area (Å²) < 4.78 is 16.0. The van der Waals surface area contributed by atoms with Crippen molar-refractivity contribution in [1.82, 2.24) is 0 Å². The number of ether oxygens (including phenoxy) is 3. The Morgan fingerprint density at radius 2 is 1.78 bits per heavy atom. The summed E-state index contributed by atoms with van der Waals surface area (Å²) in [5.41, 5.74) is 0.566. The van der Waals surface area contributed by atoms with E-state index < -0.39 is 36.7 Å². The van der Waals surface area contributed by atoms with E-state index in [0.29, 0.717) is 17.9 Å². The lowest BCUT2D eigenvalue weighted by molar-refractivity contribution is -0.278. The molecule has 4 N–H and O–H groups in total. The molecule has 1 aromatic rings. The summed E-state index contributed by atoms with van der Waals surface area (Å²) in [6, 6.07) is 6.30. The lowest BCUT2D eigenvalue weighted by Gasteiger charge is -2.39. The minimum atomic E-state index is -1.53. The van der Waals surface area contributed by atoms with E-state index in [2.05, 4.69) is 5.32 Å². The lowest BCUT2D eigenvalue weighted by atomic mass is 9.99. The van der Waals surface area contributed by atoms with Crippen LogP contribution in [0.2, 0.25) is 0 Å². The maximum atomic E-state index is 11.5. The summed E-state index contributed by atoms with van der Waals surface area (Å²) in [5.74, 6) is -0.342. The number of aliphatic hydroxyl groups excluding tert-OH is 3. The molecule has 9 heteroatoms. The first-order valence-corrected chi connectivity index (χ1v) is 8.71. The molecule has 27 heavy (non-hydrogen) atoms. The van der Waals surface area contributed by atoms with Crippen LogP contribution in [0.25, 0.3) is 0 Å². The SMILES string of the molecule is CCCC(=O)OCC1O[C@H](Oc2ccc(NC(C)=O)cc2)C(O)[C@@H](O)[C@@H]1O. The Balaban J connectivity index is 1.99. The second-order valence-corrected chi connectivity index (χ2v) is 6.27. The second kappa shape index (κ2) is 9.65. The van der Waals surface area contributed by atoms with Crippen molar-refractivity contribution in [2.75, 3.05) is 11.9 Å². The number of rotatable bonds is 7. The molecule has 1 heterocycles. The fourth-order valence-electron chi connectivity index (χ4n) is 2.56. The number of nitrogens with one attached hydrogen (secondary N) is 1. The normalized spacial score (nSPS) is 27.7. The number of amides is 1. The highest BCUT2D eigenvalue weighted by Gasteiger charge is 2.45. The molecule has 1 fully saturated rings. The van der Waals surface area contributed by atoms with Gasteiger partial charge in [-0.15, -0.1) is 0 Å². The van der Waals surface area contributed by atoms with Gasteiger partial charge in [0, 0.05) is 19.0 Å². The van der Waals surface area contributed by atoms with E-state index in [-0.39, 0.29) is 18.9 Å². The Bertz CT molecular complexity index is 635. The van der Waals surface area contributed by atoms with Gasteiger partial charge in [0.25, 0.3) is 0 Å². The molecule has 150 valence electrons. The van der Waals surface area contributed by atoms with Gasteiger partial charge in [0.15, 0.2) is 0 Å². The molecule has 0 aliphatic carbocycles. The van der Waals surface area contributed by atoms with E-state index in [1.807, 2.05) is 6.92 Å². The molecule has 1 aliphatic heterocycles. The van der Waals surface area contributed by atoms with Crippen LogP contribution in [0.5, 0.6) is 5.75 Å². The molecule has 0 radical (unpaired) electrons. The smallest absolute Gasteiger partial charge is 0.305 e. The minimum absolute atomic E-state index is 0.215. The van der Waals surface area contributed by atoms with Crippen LogP contribution in [-0.4, -0.2) is 64.5 Å². The zero-order valence-electron chi connectivity index (χ0n) is 15.2. The van der Waals surface area contributed by atoms with Gasteiger partial charge in [0.05, 0.1) is 0 Å². The molecule has 1 saturated heterocycles. The summed E-state index contributed by atoms with van der Waals surface area (Å²) in [6.07, 6.45) is -5.94. The highest BCUT2D eigenvalue weighted by atomic mass is 16.7. The summed E-state index contributed by atoms with van der Waals surface area (Å²) in [4.78, 5) is 22.5. The van der Waals surface area contributed by atoms with Gasteiger partial charge in [-0.3, -0.25) is 9.59 Å².